The molecule has 146 valence electrons. The van der Waals surface area contributed by atoms with Crippen LogP contribution in [-0.4, -0.2) is 30.4 Å². The molecule has 0 spiro atoms. The van der Waals surface area contributed by atoms with Gasteiger partial charge in [-0.2, -0.15) is 0 Å². The third kappa shape index (κ3) is 3.39. The largest absolute Gasteiger partial charge is 0.495 e. The van der Waals surface area contributed by atoms with Gasteiger partial charge in [0.15, 0.2) is 0 Å². The number of hydrogen-bond acceptors (Lipinski definition) is 6. The summed E-state index contributed by atoms with van der Waals surface area (Å²) < 4.78 is 31.2. The number of fused-ring (bicyclic) bond motifs is 1. The summed E-state index contributed by atoms with van der Waals surface area (Å²) in [5.41, 5.74) is -1.97. The van der Waals surface area contributed by atoms with E-state index in [1.54, 1.807) is 0 Å². The predicted octanol–water partition coefficient (Wildman–Crippen LogP) is 1.55. The number of amides is 1. The summed E-state index contributed by atoms with van der Waals surface area (Å²) in [7, 11) is -3.22. The van der Waals surface area contributed by atoms with E-state index in [1.165, 1.54) is 38.3 Å². The lowest BCUT2D eigenvalue weighted by Crippen LogP contribution is -2.40. The maximum atomic E-state index is 13.0. The van der Waals surface area contributed by atoms with Gasteiger partial charge in [0.2, 0.25) is 5.91 Å². The number of carbonyl (C=O) groups is 1. The first-order chi connectivity index (χ1) is 13.1. The molecule has 28 heavy (non-hydrogen) atoms. The third-order valence-electron chi connectivity index (χ3n) is 3.84. The highest BCUT2D eigenvalue weighted by Gasteiger charge is 2.24. The second-order valence-corrected chi connectivity index (χ2v) is 7.96. The third-order valence-corrected chi connectivity index (χ3v) is 5.74. The summed E-state index contributed by atoms with van der Waals surface area (Å²) in [6.45, 7) is 1.24. The lowest BCUT2D eigenvalue weighted by molar-refractivity contribution is -0.114. The Hall–Kier alpha value is -3.11. The van der Waals surface area contributed by atoms with Crippen molar-refractivity contribution in [2.45, 2.75) is 11.8 Å². The van der Waals surface area contributed by atoms with E-state index in [0.29, 0.717) is 0 Å². The van der Waals surface area contributed by atoms with Crippen LogP contribution in [0.4, 0.5) is 5.69 Å². The van der Waals surface area contributed by atoms with Crippen molar-refractivity contribution in [1.29, 1.82) is 0 Å². The van der Waals surface area contributed by atoms with E-state index in [4.69, 9.17) is 16.3 Å². The fraction of sp³-hybridized carbons (Fsp3) is 0.118. The Morgan fingerprint density at radius 1 is 1.18 bits per heavy atom. The van der Waals surface area contributed by atoms with Crippen LogP contribution >= 0.6 is 11.6 Å². The monoisotopic (exact) mass is 423 g/mol. The molecule has 1 aromatic heterocycles. The van der Waals surface area contributed by atoms with Gasteiger partial charge in [-0.15, -0.1) is 3.97 Å². The molecule has 1 amide bonds. The van der Waals surface area contributed by atoms with E-state index >= 15 is 0 Å². The number of nitrogens with one attached hydrogen (secondary N) is 2. The highest BCUT2D eigenvalue weighted by Crippen LogP contribution is 2.28. The number of nitrogens with zero attached hydrogens (tertiary/aromatic N) is 1. The molecule has 0 aliphatic heterocycles. The smallest absolute Gasteiger partial charge is 0.343 e. The molecular weight excluding hydrogens is 410 g/mol. The molecule has 0 bridgehead atoms. The van der Waals surface area contributed by atoms with Crippen molar-refractivity contribution in [3.8, 4) is 5.75 Å². The standard InChI is InChI=1S/C17H14ClN3O6S/c1-9(22)19-14-8-11(4-6-15(14)27-2)28(25,26)21-16(23)12-5-3-10(18)7-13(12)20-17(21)24/h3-8H,1-2H3,(H,19,22)(H,20,24). The Bertz CT molecular complexity index is 1330. The first-order valence-electron chi connectivity index (χ1n) is 7.81. The molecule has 0 aliphatic carbocycles. The Balaban J connectivity index is 2.27. The lowest BCUT2D eigenvalue weighted by atomic mass is 10.2. The van der Waals surface area contributed by atoms with Gasteiger partial charge in [0, 0.05) is 11.9 Å². The molecule has 0 saturated heterocycles. The number of ether oxygens (including phenoxy) is 1. The number of methoxy groups -OCH3 is 1. The molecule has 2 N–H and O–H groups in total. The van der Waals surface area contributed by atoms with Gasteiger partial charge in [-0.05, 0) is 36.4 Å². The minimum absolute atomic E-state index is 0.0248. The van der Waals surface area contributed by atoms with E-state index in [1.807, 2.05) is 0 Å². The number of benzene rings is 2. The van der Waals surface area contributed by atoms with Gasteiger partial charge in [-0.25, -0.2) is 13.2 Å². The van der Waals surface area contributed by atoms with E-state index in [-0.39, 0.29) is 36.2 Å². The fourth-order valence-corrected chi connectivity index (χ4v) is 4.10. The van der Waals surface area contributed by atoms with Crippen LogP contribution in [0.1, 0.15) is 6.92 Å². The number of aromatic nitrogens is 2. The van der Waals surface area contributed by atoms with Crippen molar-refractivity contribution in [3.05, 3.63) is 62.3 Å². The molecule has 0 aliphatic rings. The number of hydrogen-bond donors (Lipinski definition) is 2. The van der Waals surface area contributed by atoms with Gasteiger partial charge in [0.05, 0.1) is 28.6 Å². The highest BCUT2D eigenvalue weighted by molar-refractivity contribution is 7.90. The number of H-pyrrole nitrogens is 1. The summed E-state index contributed by atoms with van der Waals surface area (Å²) in [4.78, 5) is 38.4. The van der Waals surface area contributed by atoms with E-state index < -0.39 is 27.2 Å². The number of anilines is 1. The maximum Gasteiger partial charge on any atom is 0.343 e. The summed E-state index contributed by atoms with van der Waals surface area (Å²) in [6.07, 6.45) is 0. The van der Waals surface area contributed by atoms with Crippen molar-refractivity contribution >= 4 is 44.1 Å². The fourth-order valence-electron chi connectivity index (χ4n) is 2.63. The molecule has 1 heterocycles. The number of carbonyl (C=O) groups excluding carboxylic acids is 1. The molecule has 3 aromatic rings. The summed E-state index contributed by atoms with van der Waals surface area (Å²) in [5.74, 6) is -0.242. The van der Waals surface area contributed by atoms with Crippen molar-refractivity contribution in [1.82, 2.24) is 8.96 Å². The molecule has 0 fully saturated rings. The van der Waals surface area contributed by atoms with Gasteiger partial charge >= 0.3 is 5.69 Å². The first kappa shape index (κ1) is 19.6. The SMILES string of the molecule is COc1ccc(S(=O)(=O)n2c(=O)[nH]c3cc(Cl)ccc3c2=O)cc1NC(C)=O. The van der Waals surface area contributed by atoms with Crippen LogP contribution in [0.2, 0.25) is 5.02 Å². The van der Waals surface area contributed by atoms with Crippen LogP contribution in [0.15, 0.2) is 50.9 Å². The zero-order chi connectivity index (χ0) is 20.6. The highest BCUT2D eigenvalue weighted by atomic mass is 35.5. The van der Waals surface area contributed by atoms with Gasteiger partial charge in [0.25, 0.3) is 15.6 Å². The normalized spacial score (nSPS) is 11.4. The lowest BCUT2D eigenvalue weighted by Gasteiger charge is -2.12. The Labute approximate surface area is 163 Å². The van der Waals surface area contributed by atoms with Crippen molar-refractivity contribution < 1.29 is 17.9 Å². The quantitative estimate of drug-likeness (QED) is 0.655. The van der Waals surface area contributed by atoms with Crippen molar-refractivity contribution in [2.24, 2.45) is 0 Å². The minimum atomic E-state index is -4.56. The Morgan fingerprint density at radius 3 is 2.54 bits per heavy atom. The molecule has 9 nitrogen and oxygen atoms in total. The molecule has 0 radical (unpaired) electrons. The van der Waals surface area contributed by atoms with Gasteiger partial charge in [-0.3, -0.25) is 9.59 Å². The van der Waals surface area contributed by atoms with Crippen molar-refractivity contribution in [3.63, 3.8) is 0 Å². The second-order valence-electron chi connectivity index (χ2n) is 5.74. The predicted molar refractivity (Wildman–Crippen MR) is 104 cm³/mol. The van der Waals surface area contributed by atoms with Crippen LogP contribution in [0.25, 0.3) is 10.9 Å². The van der Waals surface area contributed by atoms with E-state index in [2.05, 4.69) is 10.3 Å². The number of aromatic amines is 1. The van der Waals surface area contributed by atoms with Crippen LogP contribution < -0.4 is 21.3 Å². The molecule has 11 heteroatoms. The summed E-state index contributed by atoms with van der Waals surface area (Å²) >= 11 is 5.84. The molecule has 3 rings (SSSR count). The molecule has 2 aromatic carbocycles. The molecular formula is C17H14ClN3O6S. The van der Waals surface area contributed by atoms with E-state index in [9.17, 15) is 22.8 Å². The average Bonchev–Trinajstić information content (AvgIpc) is 2.60. The van der Waals surface area contributed by atoms with Crippen LogP contribution in [0.3, 0.4) is 0 Å². The number of halogens is 1. The topological polar surface area (TPSA) is 127 Å². The second kappa shape index (κ2) is 7.13. The van der Waals surface area contributed by atoms with Crippen molar-refractivity contribution in [2.75, 3.05) is 12.4 Å². The summed E-state index contributed by atoms with van der Waals surface area (Å²) in [5, 5.41) is 2.69. The zero-order valence-corrected chi connectivity index (χ0v) is 16.2. The summed E-state index contributed by atoms with van der Waals surface area (Å²) in [6, 6.07) is 7.64. The molecule has 0 saturated carbocycles. The van der Waals surface area contributed by atoms with Crippen LogP contribution in [-0.2, 0) is 14.8 Å². The first-order valence-corrected chi connectivity index (χ1v) is 9.63. The van der Waals surface area contributed by atoms with E-state index in [0.717, 1.165) is 12.1 Å². The maximum absolute atomic E-state index is 13.0. The van der Waals surface area contributed by atoms with Gasteiger partial charge in [0.1, 0.15) is 5.75 Å². The minimum Gasteiger partial charge on any atom is -0.495 e. The van der Waals surface area contributed by atoms with Crippen LogP contribution in [0.5, 0.6) is 5.75 Å². The molecule has 0 atom stereocenters. The molecule has 0 unspecified atom stereocenters. The Morgan fingerprint density at radius 2 is 1.89 bits per heavy atom. The van der Waals surface area contributed by atoms with Gasteiger partial charge in [-0.1, -0.05) is 11.6 Å². The van der Waals surface area contributed by atoms with Gasteiger partial charge < -0.3 is 15.0 Å². The average molecular weight is 424 g/mol. The van der Waals surface area contributed by atoms with Crippen LogP contribution in [0, 0.1) is 0 Å². The Kier molecular flexibility index (Phi) is 5.01. The zero-order valence-electron chi connectivity index (χ0n) is 14.6. The number of rotatable bonds is 4.